The lowest BCUT2D eigenvalue weighted by molar-refractivity contribution is -0.151. The zero-order valence-corrected chi connectivity index (χ0v) is 12.2. The predicted molar refractivity (Wildman–Crippen MR) is 77.6 cm³/mol. The van der Waals surface area contributed by atoms with Gasteiger partial charge in [-0.2, -0.15) is 0 Å². The summed E-state index contributed by atoms with van der Waals surface area (Å²) >= 11 is 1.57. The number of nitrogens with two attached hydrogens (primary N) is 1. The van der Waals surface area contributed by atoms with Crippen molar-refractivity contribution in [2.75, 3.05) is 13.1 Å². The molecule has 110 valence electrons. The number of unbranched alkanes of at least 4 members (excludes halogenated alkanes) is 2. The van der Waals surface area contributed by atoms with Gasteiger partial charge in [0, 0.05) is 17.8 Å². The van der Waals surface area contributed by atoms with Gasteiger partial charge in [0.2, 0.25) is 5.91 Å². The third-order valence-corrected chi connectivity index (χ3v) is 4.61. The first-order chi connectivity index (χ1) is 9.65. The number of amides is 1. The summed E-state index contributed by atoms with van der Waals surface area (Å²) in [6, 6.07) is 1.01. The van der Waals surface area contributed by atoms with Crippen LogP contribution in [0.4, 0.5) is 0 Å². The van der Waals surface area contributed by atoms with E-state index in [2.05, 4.69) is 0 Å². The Bertz CT molecular complexity index is 487. The van der Waals surface area contributed by atoms with E-state index in [4.69, 9.17) is 5.73 Å². The SMILES string of the molecule is NCCCCCC(=O)N1CCc2sccc2C1C(=O)O. The van der Waals surface area contributed by atoms with Gasteiger partial charge in [0.1, 0.15) is 0 Å². The third-order valence-electron chi connectivity index (χ3n) is 3.61. The molecule has 1 aromatic rings. The highest BCUT2D eigenvalue weighted by atomic mass is 32.1. The maximum Gasteiger partial charge on any atom is 0.331 e. The van der Waals surface area contributed by atoms with Crippen molar-refractivity contribution in [1.29, 1.82) is 0 Å². The number of thiophene rings is 1. The summed E-state index contributed by atoms with van der Waals surface area (Å²) in [5, 5.41) is 11.3. The zero-order valence-electron chi connectivity index (χ0n) is 11.4. The second-order valence-corrected chi connectivity index (χ2v) is 5.98. The number of carbonyl (C=O) groups excluding carboxylic acids is 1. The molecule has 0 saturated heterocycles. The Balaban J connectivity index is 2.04. The molecular formula is C14H20N2O3S. The fourth-order valence-electron chi connectivity index (χ4n) is 2.59. The summed E-state index contributed by atoms with van der Waals surface area (Å²) in [5.74, 6) is -1.01. The first-order valence-electron chi connectivity index (χ1n) is 6.93. The number of carbonyl (C=O) groups is 2. The molecule has 0 saturated carbocycles. The summed E-state index contributed by atoms with van der Waals surface area (Å²) in [6.07, 6.45) is 3.76. The Morgan fingerprint density at radius 1 is 1.40 bits per heavy atom. The van der Waals surface area contributed by atoms with Crippen LogP contribution in [-0.4, -0.2) is 35.0 Å². The minimum Gasteiger partial charge on any atom is -0.479 e. The lowest BCUT2D eigenvalue weighted by atomic mass is 9.99. The largest absolute Gasteiger partial charge is 0.479 e. The first kappa shape index (κ1) is 15.0. The molecule has 1 atom stereocenters. The van der Waals surface area contributed by atoms with E-state index in [0.717, 1.165) is 36.1 Å². The van der Waals surface area contributed by atoms with Gasteiger partial charge in [0.05, 0.1) is 0 Å². The molecule has 0 aromatic carbocycles. The van der Waals surface area contributed by atoms with Crippen LogP contribution in [0.2, 0.25) is 0 Å². The molecule has 0 aliphatic carbocycles. The van der Waals surface area contributed by atoms with Gasteiger partial charge in [-0.25, -0.2) is 4.79 Å². The van der Waals surface area contributed by atoms with Gasteiger partial charge < -0.3 is 15.7 Å². The number of carboxylic acids is 1. The van der Waals surface area contributed by atoms with Crippen molar-refractivity contribution in [2.24, 2.45) is 5.73 Å². The topological polar surface area (TPSA) is 83.6 Å². The molecular weight excluding hydrogens is 276 g/mol. The van der Waals surface area contributed by atoms with Crippen molar-refractivity contribution in [3.05, 3.63) is 21.9 Å². The molecule has 1 amide bonds. The standard InChI is InChI=1S/C14H20N2O3S/c15-7-3-1-2-4-12(17)16-8-5-11-10(6-9-20-11)13(16)14(18)19/h6,9,13H,1-5,7-8,15H2,(H,18,19). The van der Waals surface area contributed by atoms with Crippen LogP contribution in [0.25, 0.3) is 0 Å². The summed E-state index contributed by atoms with van der Waals surface area (Å²) in [5.41, 5.74) is 6.20. The minimum absolute atomic E-state index is 0.0636. The molecule has 1 aliphatic heterocycles. The first-order valence-corrected chi connectivity index (χ1v) is 7.81. The van der Waals surface area contributed by atoms with Gasteiger partial charge in [-0.05, 0) is 42.8 Å². The van der Waals surface area contributed by atoms with E-state index < -0.39 is 12.0 Å². The number of fused-ring (bicyclic) bond motifs is 1. The molecule has 1 aromatic heterocycles. The average molecular weight is 296 g/mol. The number of hydrogen-bond donors (Lipinski definition) is 2. The summed E-state index contributed by atoms with van der Waals surface area (Å²) in [4.78, 5) is 26.3. The monoisotopic (exact) mass is 296 g/mol. The lowest BCUT2D eigenvalue weighted by Gasteiger charge is -2.33. The van der Waals surface area contributed by atoms with Gasteiger partial charge in [-0.15, -0.1) is 11.3 Å². The molecule has 1 aliphatic rings. The van der Waals surface area contributed by atoms with Gasteiger partial charge in [0.15, 0.2) is 6.04 Å². The Labute approximate surface area is 122 Å². The number of aliphatic carboxylic acids is 1. The predicted octanol–water partition coefficient (Wildman–Crippen LogP) is 1.78. The molecule has 0 bridgehead atoms. The van der Waals surface area contributed by atoms with E-state index in [1.54, 1.807) is 11.3 Å². The van der Waals surface area contributed by atoms with Gasteiger partial charge in [-0.3, -0.25) is 4.79 Å². The third kappa shape index (κ3) is 3.19. The van der Waals surface area contributed by atoms with E-state index in [-0.39, 0.29) is 5.91 Å². The van der Waals surface area contributed by atoms with Gasteiger partial charge in [0.25, 0.3) is 0 Å². The minimum atomic E-state index is -0.945. The van der Waals surface area contributed by atoms with Crippen molar-refractivity contribution in [1.82, 2.24) is 4.90 Å². The molecule has 5 nitrogen and oxygen atoms in total. The second-order valence-electron chi connectivity index (χ2n) is 4.98. The quantitative estimate of drug-likeness (QED) is 0.784. The van der Waals surface area contributed by atoms with Crippen molar-refractivity contribution in [2.45, 2.75) is 38.1 Å². The van der Waals surface area contributed by atoms with Crippen molar-refractivity contribution >= 4 is 23.2 Å². The highest BCUT2D eigenvalue weighted by molar-refractivity contribution is 7.10. The van der Waals surface area contributed by atoms with Crippen LogP contribution < -0.4 is 5.73 Å². The van der Waals surface area contributed by atoms with Crippen LogP contribution in [0.15, 0.2) is 11.4 Å². The summed E-state index contributed by atoms with van der Waals surface area (Å²) in [7, 11) is 0. The smallest absolute Gasteiger partial charge is 0.331 e. The molecule has 0 spiro atoms. The molecule has 6 heteroatoms. The van der Waals surface area contributed by atoms with E-state index in [1.807, 2.05) is 11.4 Å². The molecule has 0 fully saturated rings. The van der Waals surface area contributed by atoms with E-state index >= 15 is 0 Å². The van der Waals surface area contributed by atoms with Crippen LogP contribution in [-0.2, 0) is 16.0 Å². The highest BCUT2D eigenvalue weighted by Gasteiger charge is 2.36. The Hall–Kier alpha value is -1.40. The summed E-state index contributed by atoms with van der Waals surface area (Å²) < 4.78 is 0. The normalized spacial score (nSPS) is 17.9. The average Bonchev–Trinajstić information content (AvgIpc) is 2.90. The Morgan fingerprint density at radius 3 is 2.90 bits per heavy atom. The van der Waals surface area contributed by atoms with E-state index in [0.29, 0.717) is 19.5 Å². The van der Waals surface area contributed by atoms with Crippen molar-refractivity contribution in [3.8, 4) is 0 Å². The summed E-state index contributed by atoms with van der Waals surface area (Å²) in [6.45, 7) is 1.13. The number of hydrogen-bond acceptors (Lipinski definition) is 4. The molecule has 20 heavy (non-hydrogen) atoms. The fourth-order valence-corrected chi connectivity index (χ4v) is 3.50. The molecule has 3 N–H and O–H groups in total. The van der Waals surface area contributed by atoms with Crippen LogP contribution in [0.3, 0.4) is 0 Å². The van der Waals surface area contributed by atoms with Gasteiger partial charge >= 0.3 is 5.97 Å². The van der Waals surface area contributed by atoms with Crippen LogP contribution in [0.1, 0.15) is 42.2 Å². The van der Waals surface area contributed by atoms with Crippen LogP contribution in [0.5, 0.6) is 0 Å². The molecule has 0 radical (unpaired) electrons. The van der Waals surface area contributed by atoms with Crippen molar-refractivity contribution < 1.29 is 14.7 Å². The molecule has 2 heterocycles. The lowest BCUT2D eigenvalue weighted by Crippen LogP contribution is -2.42. The molecule has 2 rings (SSSR count). The molecule has 1 unspecified atom stereocenters. The Morgan fingerprint density at radius 2 is 2.20 bits per heavy atom. The van der Waals surface area contributed by atoms with Crippen molar-refractivity contribution in [3.63, 3.8) is 0 Å². The highest BCUT2D eigenvalue weighted by Crippen LogP contribution is 2.33. The number of carboxylic acid groups (broad SMARTS) is 1. The Kier molecular flexibility index (Phi) is 5.14. The van der Waals surface area contributed by atoms with Crippen LogP contribution in [0, 0.1) is 0 Å². The number of rotatable bonds is 6. The van der Waals surface area contributed by atoms with E-state index in [1.165, 1.54) is 4.90 Å². The van der Waals surface area contributed by atoms with E-state index in [9.17, 15) is 14.7 Å². The second kappa shape index (κ2) is 6.85. The maximum atomic E-state index is 12.2. The van der Waals surface area contributed by atoms with Crippen LogP contribution >= 0.6 is 11.3 Å². The maximum absolute atomic E-state index is 12.2. The van der Waals surface area contributed by atoms with Gasteiger partial charge in [-0.1, -0.05) is 6.42 Å². The fraction of sp³-hybridized carbons (Fsp3) is 0.571. The zero-order chi connectivity index (χ0) is 14.5. The number of nitrogens with zero attached hydrogens (tertiary/aromatic N) is 1.